The highest BCUT2D eigenvalue weighted by atomic mass is 32.1. The summed E-state index contributed by atoms with van der Waals surface area (Å²) in [7, 11) is 0. The molecule has 0 radical (unpaired) electrons. The Morgan fingerprint density at radius 1 is 1.24 bits per heavy atom. The van der Waals surface area contributed by atoms with Gasteiger partial charge in [0.15, 0.2) is 0 Å². The highest BCUT2D eigenvalue weighted by molar-refractivity contribution is 7.21. The molecule has 2 N–H and O–H groups in total. The van der Waals surface area contributed by atoms with Gasteiger partial charge < -0.3 is 5.73 Å². The van der Waals surface area contributed by atoms with Crippen LogP contribution in [0.2, 0.25) is 0 Å². The SMILES string of the molecule is Nc1c(F)cccc1-c1nc2cnccc2s1. The van der Waals surface area contributed by atoms with E-state index in [1.807, 2.05) is 6.07 Å². The first-order chi connectivity index (χ1) is 8.25. The van der Waals surface area contributed by atoms with E-state index < -0.39 is 5.82 Å². The number of rotatable bonds is 1. The maximum Gasteiger partial charge on any atom is 0.146 e. The Morgan fingerprint density at radius 2 is 2.12 bits per heavy atom. The largest absolute Gasteiger partial charge is 0.396 e. The van der Waals surface area contributed by atoms with Crippen LogP contribution in [0.1, 0.15) is 0 Å². The molecule has 0 amide bonds. The molecule has 17 heavy (non-hydrogen) atoms. The molecule has 0 aliphatic rings. The number of anilines is 1. The lowest BCUT2D eigenvalue weighted by molar-refractivity contribution is 0.633. The van der Waals surface area contributed by atoms with Crippen molar-refractivity contribution in [3.05, 3.63) is 42.5 Å². The van der Waals surface area contributed by atoms with Crippen molar-refractivity contribution in [3.8, 4) is 10.6 Å². The maximum atomic E-state index is 13.4. The Kier molecular flexibility index (Phi) is 2.26. The van der Waals surface area contributed by atoms with Gasteiger partial charge in [-0.2, -0.15) is 0 Å². The number of para-hydroxylation sites is 1. The minimum Gasteiger partial charge on any atom is -0.396 e. The molecule has 2 heterocycles. The zero-order chi connectivity index (χ0) is 11.8. The number of hydrogen-bond acceptors (Lipinski definition) is 4. The maximum absolute atomic E-state index is 13.4. The van der Waals surface area contributed by atoms with E-state index in [1.165, 1.54) is 17.4 Å². The summed E-state index contributed by atoms with van der Waals surface area (Å²) < 4.78 is 14.4. The van der Waals surface area contributed by atoms with Crippen molar-refractivity contribution in [1.29, 1.82) is 0 Å². The second-order valence-corrected chi connectivity index (χ2v) is 4.59. The monoisotopic (exact) mass is 245 g/mol. The first kappa shape index (κ1) is 10.2. The number of benzene rings is 1. The summed E-state index contributed by atoms with van der Waals surface area (Å²) in [4.78, 5) is 8.39. The van der Waals surface area contributed by atoms with Gasteiger partial charge in [-0.25, -0.2) is 9.37 Å². The van der Waals surface area contributed by atoms with Crippen LogP contribution in [-0.4, -0.2) is 9.97 Å². The molecule has 0 spiro atoms. The third-order valence-electron chi connectivity index (χ3n) is 2.47. The molecule has 1 aromatic carbocycles. The Morgan fingerprint density at radius 3 is 2.94 bits per heavy atom. The first-order valence-electron chi connectivity index (χ1n) is 5.00. The third kappa shape index (κ3) is 1.64. The van der Waals surface area contributed by atoms with Gasteiger partial charge in [-0.15, -0.1) is 11.3 Å². The molecule has 3 aromatic rings. The molecule has 5 heteroatoms. The van der Waals surface area contributed by atoms with Gasteiger partial charge in [0.1, 0.15) is 16.3 Å². The van der Waals surface area contributed by atoms with Crippen molar-refractivity contribution in [2.24, 2.45) is 0 Å². The average Bonchev–Trinajstić information content (AvgIpc) is 2.76. The van der Waals surface area contributed by atoms with Crippen LogP contribution in [0.4, 0.5) is 10.1 Å². The second kappa shape index (κ2) is 3.78. The van der Waals surface area contributed by atoms with Crippen LogP contribution < -0.4 is 5.73 Å². The van der Waals surface area contributed by atoms with E-state index in [-0.39, 0.29) is 5.69 Å². The van der Waals surface area contributed by atoms with Gasteiger partial charge in [0.25, 0.3) is 0 Å². The Bertz CT molecular complexity index is 660. The summed E-state index contributed by atoms with van der Waals surface area (Å²) in [6.45, 7) is 0. The van der Waals surface area contributed by atoms with E-state index in [4.69, 9.17) is 5.73 Å². The standard InChI is InChI=1S/C12H8FN3S/c13-8-3-1-2-7(11(8)14)12-16-9-6-15-5-4-10(9)17-12/h1-6H,14H2. The van der Waals surface area contributed by atoms with Gasteiger partial charge >= 0.3 is 0 Å². The fourth-order valence-corrected chi connectivity index (χ4v) is 2.59. The summed E-state index contributed by atoms with van der Waals surface area (Å²) in [6.07, 6.45) is 3.39. The molecule has 0 aliphatic heterocycles. The van der Waals surface area contributed by atoms with E-state index in [2.05, 4.69) is 9.97 Å². The van der Waals surface area contributed by atoms with Crippen molar-refractivity contribution < 1.29 is 4.39 Å². The molecule has 2 aromatic heterocycles. The predicted octanol–water partition coefficient (Wildman–Crippen LogP) is 3.08. The number of aromatic nitrogens is 2. The summed E-state index contributed by atoms with van der Waals surface area (Å²) in [6, 6.07) is 6.62. The lowest BCUT2D eigenvalue weighted by Crippen LogP contribution is -1.93. The van der Waals surface area contributed by atoms with Crippen LogP contribution in [0, 0.1) is 5.82 Å². The summed E-state index contributed by atoms with van der Waals surface area (Å²) in [5, 5.41) is 0.713. The molecular formula is C12H8FN3S. The summed E-state index contributed by atoms with van der Waals surface area (Å²) in [5.41, 5.74) is 7.28. The zero-order valence-corrected chi connectivity index (χ0v) is 9.54. The summed E-state index contributed by atoms with van der Waals surface area (Å²) in [5.74, 6) is -0.417. The predicted molar refractivity (Wildman–Crippen MR) is 67.2 cm³/mol. The molecule has 0 fully saturated rings. The number of halogens is 1. The molecule has 3 nitrogen and oxygen atoms in total. The van der Waals surface area contributed by atoms with Crippen LogP contribution >= 0.6 is 11.3 Å². The van der Waals surface area contributed by atoms with Crippen molar-refractivity contribution >= 4 is 27.2 Å². The number of fused-ring (bicyclic) bond motifs is 1. The first-order valence-corrected chi connectivity index (χ1v) is 5.82. The van der Waals surface area contributed by atoms with Crippen LogP contribution in [0.5, 0.6) is 0 Å². The van der Waals surface area contributed by atoms with Crippen molar-refractivity contribution in [2.75, 3.05) is 5.73 Å². The number of nitrogens with zero attached hydrogens (tertiary/aromatic N) is 2. The van der Waals surface area contributed by atoms with Crippen LogP contribution in [0.3, 0.4) is 0 Å². The van der Waals surface area contributed by atoms with Crippen molar-refractivity contribution in [3.63, 3.8) is 0 Å². The average molecular weight is 245 g/mol. The van der Waals surface area contributed by atoms with Crippen molar-refractivity contribution in [1.82, 2.24) is 9.97 Å². The van der Waals surface area contributed by atoms with E-state index in [1.54, 1.807) is 24.5 Å². The highest BCUT2D eigenvalue weighted by Gasteiger charge is 2.11. The van der Waals surface area contributed by atoms with Crippen LogP contribution in [-0.2, 0) is 0 Å². The van der Waals surface area contributed by atoms with Crippen LogP contribution in [0.15, 0.2) is 36.7 Å². The molecule has 0 bridgehead atoms. The number of hydrogen-bond donors (Lipinski definition) is 1. The normalized spacial score (nSPS) is 10.9. The zero-order valence-electron chi connectivity index (χ0n) is 8.72. The molecule has 0 saturated carbocycles. The van der Waals surface area contributed by atoms with E-state index in [0.29, 0.717) is 10.6 Å². The molecular weight excluding hydrogens is 237 g/mol. The smallest absolute Gasteiger partial charge is 0.146 e. The van der Waals surface area contributed by atoms with Gasteiger partial charge in [-0.1, -0.05) is 6.07 Å². The van der Waals surface area contributed by atoms with Crippen molar-refractivity contribution in [2.45, 2.75) is 0 Å². The van der Waals surface area contributed by atoms with Gasteiger partial charge in [0.05, 0.1) is 16.6 Å². The minimum absolute atomic E-state index is 0.138. The fraction of sp³-hybridized carbons (Fsp3) is 0. The quantitative estimate of drug-likeness (QED) is 0.670. The van der Waals surface area contributed by atoms with E-state index in [9.17, 15) is 4.39 Å². The van der Waals surface area contributed by atoms with Gasteiger partial charge in [-0.3, -0.25) is 4.98 Å². The van der Waals surface area contributed by atoms with Gasteiger partial charge in [0, 0.05) is 11.8 Å². The lowest BCUT2D eigenvalue weighted by atomic mass is 10.2. The second-order valence-electron chi connectivity index (χ2n) is 3.56. The highest BCUT2D eigenvalue weighted by Crippen LogP contribution is 2.33. The van der Waals surface area contributed by atoms with E-state index >= 15 is 0 Å². The van der Waals surface area contributed by atoms with Gasteiger partial charge in [-0.05, 0) is 18.2 Å². The Labute approximate surface area is 101 Å². The fourth-order valence-electron chi connectivity index (χ4n) is 1.62. The Balaban J connectivity index is 2.24. The Hall–Kier alpha value is -2.01. The molecule has 0 saturated heterocycles. The number of nitrogen functional groups attached to an aromatic ring is 1. The van der Waals surface area contributed by atoms with Gasteiger partial charge in [0.2, 0.25) is 0 Å². The topological polar surface area (TPSA) is 51.8 Å². The van der Waals surface area contributed by atoms with E-state index in [0.717, 1.165) is 10.2 Å². The van der Waals surface area contributed by atoms with Crippen LogP contribution in [0.25, 0.3) is 20.8 Å². The molecule has 0 unspecified atom stereocenters. The minimum atomic E-state index is -0.417. The molecule has 0 atom stereocenters. The molecule has 84 valence electrons. The molecule has 0 aliphatic carbocycles. The lowest BCUT2D eigenvalue weighted by Gasteiger charge is -2.01. The third-order valence-corrected chi connectivity index (χ3v) is 3.54. The summed E-state index contributed by atoms with van der Waals surface area (Å²) >= 11 is 1.48. The number of pyridine rings is 1. The molecule has 3 rings (SSSR count). The number of nitrogens with two attached hydrogens (primary N) is 1. The number of thiazole rings is 1.